The van der Waals surface area contributed by atoms with E-state index < -0.39 is 5.97 Å². The maximum atomic E-state index is 12.6. The van der Waals surface area contributed by atoms with Crippen LogP contribution < -0.4 is 0 Å². The molecule has 8 heteroatoms. The van der Waals surface area contributed by atoms with Gasteiger partial charge in [0.2, 0.25) is 5.78 Å². The summed E-state index contributed by atoms with van der Waals surface area (Å²) in [6, 6.07) is 7.86. The molecule has 0 saturated heterocycles. The summed E-state index contributed by atoms with van der Waals surface area (Å²) in [5.41, 5.74) is 3.13. The van der Waals surface area contributed by atoms with E-state index in [9.17, 15) is 9.59 Å². The number of esters is 1. The van der Waals surface area contributed by atoms with Crippen molar-refractivity contribution in [2.75, 3.05) is 6.61 Å². The Kier molecular flexibility index (Phi) is 4.64. The first kappa shape index (κ1) is 18.2. The molecule has 0 amide bonds. The molecule has 142 valence electrons. The second-order valence-corrected chi connectivity index (χ2v) is 7.60. The zero-order chi connectivity index (χ0) is 19.8. The maximum Gasteiger partial charge on any atom is 0.310 e. The van der Waals surface area contributed by atoms with E-state index in [0.29, 0.717) is 16.3 Å². The molecule has 0 spiro atoms. The largest absolute Gasteiger partial charge is 0.457 e. The number of ketones is 1. The molecule has 0 fully saturated rings. The van der Waals surface area contributed by atoms with E-state index >= 15 is 0 Å². The van der Waals surface area contributed by atoms with Gasteiger partial charge < -0.3 is 4.74 Å². The van der Waals surface area contributed by atoms with E-state index in [0.717, 1.165) is 26.9 Å². The van der Waals surface area contributed by atoms with Gasteiger partial charge in [-0.3, -0.25) is 9.59 Å². The van der Waals surface area contributed by atoms with Crippen molar-refractivity contribution in [2.24, 2.45) is 0 Å². The van der Waals surface area contributed by atoms with Gasteiger partial charge in [0.05, 0.1) is 11.3 Å². The summed E-state index contributed by atoms with van der Waals surface area (Å²) in [6.07, 6.45) is 1.45. The smallest absolute Gasteiger partial charge is 0.310 e. The molecule has 0 aliphatic heterocycles. The van der Waals surface area contributed by atoms with Gasteiger partial charge in [0, 0.05) is 21.7 Å². The minimum atomic E-state index is -0.473. The molecule has 4 rings (SSSR count). The van der Waals surface area contributed by atoms with Gasteiger partial charge in [0.25, 0.3) is 5.78 Å². The lowest BCUT2D eigenvalue weighted by Gasteiger charge is -2.10. The Balaban J connectivity index is 1.47. The Labute approximate surface area is 165 Å². The normalized spacial score (nSPS) is 11.2. The summed E-state index contributed by atoms with van der Waals surface area (Å²) in [6.45, 7) is 5.31. The van der Waals surface area contributed by atoms with Crippen molar-refractivity contribution in [3.05, 3.63) is 58.0 Å². The molecule has 0 radical (unpaired) electrons. The number of benzene rings is 1. The molecular formula is C20H18N4O3S. The highest BCUT2D eigenvalue weighted by atomic mass is 32.1. The number of hydrogen-bond donors (Lipinski definition) is 0. The Morgan fingerprint density at radius 2 is 1.96 bits per heavy atom. The number of nitrogens with zero attached hydrogens (tertiary/aromatic N) is 4. The summed E-state index contributed by atoms with van der Waals surface area (Å²) in [4.78, 5) is 33.9. The number of hydrogen-bond acceptors (Lipinski definition) is 7. The lowest BCUT2D eigenvalue weighted by atomic mass is 10.1. The molecule has 4 aromatic rings. The zero-order valence-corrected chi connectivity index (χ0v) is 16.5. The minimum absolute atomic E-state index is 0.0269. The molecule has 0 aliphatic carbocycles. The van der Waals surface area contributed by atoms with Crippen LogP contribution in [-0.2, 0) is 16.0 Å². The molecule has 0 unspecified atom stereocenters. The molecular weight excluding hydrogens is 376 g/mol. The van der Waals surface area contributed by atoms with Crippen LogP contribution in [0, 0.1) is 20.8 Å². The van der Waals surface area contributed by atoms with Crippen LogP contribution in [0.25, 0.3) is 15.9 Å². The SMILES string of the molecule is Cc1nc2ncnn2c(C)c1CC(=O)OCC(=O)c1sc2ccccc2c1C. The van der Waals surface area contributed by atoms with Gasteiger partial charge in [-0.25, -0.2) is 9.50 Å². The summed E-state index contributed by atoms with van der Waals surface area (Å²) >= 11 is 1.43. The van der Waals surface area contributed by atoms with Gasteiger partial charge in [-0.1, -0.05) is 18.2 Å². The Morgan fingerprint density at radius 3 is 2.75 bits per heavy atom. The van der Waals surface area contributed by atoms with E-state index in [4.69, 9.17) is 4.74 Å². The number of rotatable bonds is 5. The predicted octanol–water partition coefficient (Wildman–Crippen LogP) is 3.23. The molecule has 0 atom stereocenters. The van der Waals surface area contributed by atoms with Crippen LogP contribution in [0.3, 0.4) is 0 Å². The standard InChI is InChI=1S/C20H18N4O3S/c1-11-14-6-4-5-7-17(14)28-19(11)16(25)9-27-18(26)8-15-12(2)23-20-21-10-22-24(20)13(15)3/h4-7,10H,8-9H2,1-3H3. The molecule has 3 aromatic heterocycles. The summed E-state index contributed by atoms with van der Waals surface area (Å²) in [7, 11) is 0. The van der Waals surface area contributed by atoms with Gasteiger partial charge >= 0.3 is 5.97 Å². The third-order valence-electron chi connectivity index (χ3n) is 4.77. The van der Waals surface area contributed by atoms with Crippen LogP contribution in [-0.4, -0.2) is 37.9 Å². The van der Waals surface area contributed by atoms with Gasteiger partial charge in [-0.05, 0) is 37.8 Å². The topological polar surface area (TPSA) is 86.4 Å². The van der Waals surface area contributed by atoms with Crippen molar-refractivity contribution in [2.45, 2.75) is 27.2 Å². The van der Waals surface area contributed by atoms with Crippen LogP contribution >= 0.6 is 11.3 Å². The fourth-order valence-electron chi connectivity index (χ4n) is 3.26. The first-order valence-corrected chi connectivity index (χ1v) is 9.60. The average Bonchev–Trinajstić information content (AvgIpc) is 3.28. The molecule has 0 saturated carbocycles. The van der Waals surface area contributed by atoms with Crippen molar-refractivity contribution >= 4 is 39.0 Å². The van der Waals surface area contributed by atoms with Crippen molar-refractivity contribution in [3.63, 3.8) is 0 Å². The third kappa shape index (κ3) is 3.16. The molecule has 0 aliphatic rings. The Morgan fingerprint density at radius 1 is 1.18 bits per heavy atom. The second kappa shape index (κ2) is 7.12. The van der Waals surface area contributed by atoms with Crippen LogP contribution in [0.5, 0.6) is 0 Å². The highest BCUT2D eigenvalue weighted by Crippen LogP contribution is 2.30. The molecule has 7 nitrogen and oxygen atoms in total. The van der Waals surface area contributed by atoms with Crippen molar-refractivity contribution in [1.82, 2.24) is 19.6 Å². The summed E-state index contributed by atoms with van der Waals surface area (Å²) in [5.74, 6) is -0.174. The Hall–Kier alpha value is -3.13. The van der Waals surface area contributed by atoms with Crippen LogP contribution in [0.2, 0.25) is 0 Å². The lowest BCUT2D eigenvalue weighted by Crippen LogP contribution is -2.17. The quantitative estimate of drug-likeness (QED) is 0.382. The van der Waals surface area contributed by atoms with Crippen LogP contribution in [0.1, 0.15) is 32.2 Å². The number of carbonyl (C=O) groups is 2. The van der Waals surface area contributed by atoms with Gasteiger partial charge in [-0.15, -0.1) is 11.3 Å². The number of fused-ring (bicyclic) bond motifs is 2. The number of carbonyl (C=O) groups excluding carboxylic acids is 2. The van der Waals surface area contributed by atoms with Crippen molar-refractivity contribution in [3.8, 4) is 0 Å². The van der Waals surface area contributed by atoms with Crippen LogP contribution in [0.4, 0.5) is 0 Å². The van der Waals surface area contributed by atoms with E-state index in [1.807, 2.05) is 45.0 Å². The lowest BCUT2D eigenvalue weighted by molar-refractivity contribution is -0.141. The minimum Gasteiger partial charge on any atom is -0.457 e. The average molecular weight is 394 g/mol. The van der Waals surface area contributed by atoms with Gasteiger partial charge in [0.1, 0.15) is 6.33 Å². The van der Waals surface area contributed by atoms with E-state index in [1.54, 1.807) is 4.52 Å². The molecule has 28 heavy (non-hydrogen) atoms. The fourth-order valence-corrected chi connectivity index (χ4v) is 4.39. The first-order valence-electron chi connectivity index (χ1n) is 8.78. The van der Waals surface area contributed by atoms with Gasteiger partial charge in [0.15, 0.2) is 6.61 Å². The van der Waals surface area contributed by atoms with E-state index in [-0.39, 0.29) is 18.8 Å². The first-order chi connectivity index (χ1) is 13.5. The van der Waals surface area contributed by atoms with Crippen molar-refractivity contribution in [1.29, 1.82) is 0 Å². The number of thiophene rings is 1. The number of Topliss-reactive ketones (excluding diaryl/α,β-unsaturated/α-hetero) is 1. The predicted molar refractivity (Wildman–Crippen MR) is 106 cm³/mol. The zero-order valence-electron chi connectivity index (χ0n) is 15.7. The molecule has 0 bridgehead atoms. The number of ether oxygens (including phenoxy) is 1. The van der Waals surface area contributed by atoms with Gasteiger partial charge in [-0.2, -0.15) is 10.1 Å². The monoisotopic (exact) mass is 394 g/mol. The summed E-state index contributed by atoms with van der Waals surface area (Å²) in [5, 5.41) is 5.17. The van der Waals surface area contributed by atoms with Crippen molar-refractivity contribution < 1.29 is 14.3 Å². The fraction of sp³-hybridized carbons (Fsp3) is 0.250. The molecule has 1 aromatic carbocycles. The highest BCUT2D eigenvalue weighted by Gasteiger charge is 2.19. The van der Waals surface area contributed by atoms with E-state index in [2.05, 4.69) is 15.1 Å². The second-order valence-electron chi connectivity index (χ2n) is 6.55. The Bertz CT molecular complexity index is 1230. The summed E-state index contributed by atoms with van der Waals surface area (Å²) < 4.78 is 7.90. The maximum absolute atomic E-state index is 12.6. The number of aromatic nitrogens is 4. The van der Waals surface area contributed by atoms with E-state index in [1.165, 1.54) is 17.7 Å². The number of aryl methyl sites for hydroxylation is 3. The third-order valence-corrected chi connectivity index (χ3v) is 6.08. The van der Waals surface area contributed by atoms with Crippen LogP contribution in [0.15, 0.2) is 30.6 Å². The molecule has 0 N–H and O–H groups in total. The molecule has 3 heterocycles. The highest BCUT2D eigenvalue weighted by molar-refractivity contribution is 7.21.